The van der Waals surface area contributed by atoms with Crippen molar-refractivity contribution in [3.63, 3.8) is 0 Å². The Labute approximate surface area is 196 Å². The van der Waals surface area contributed by atoms with Crippen LogP contribution in [0, 0.1) is 6.92 Å². The monoisotopic (exact) mass is 459 g/mol. The van der Waals surface area contributed by atoms with Crippen LogP contribution in [0.25, 0.3) is 22.3 Å². The van der Waals surface area contributed by atoms with Crippen molar-refractivity contribution in [2.24, 2.45) is 0 Å². The number of anilines is 1. The molecule has 0 spiro atoms. The average Bonchev–Trinajstić information content (AvgIpc) is 3.52. The van der Waals surface area contributed by atoms with Crippen LogP contribution in [0.5, 0.6) is 0 Å². The van der Waals surface area contributed by atoms with E-state index in [2.05, 4.69) is 49.4 Å². The van der Waals surface area contributed by atoms with Crippen molar-refractivity contribution in [3.8, 4) is 22.3 Å². The lowest BCUT2D eigenvalue weighted by Crippen LogP contribution is -2.39. The molecule has 1 fully saturated rings. The van der Waals surface area contributed by atoms with Gasteiger partial charge in [-0.3, -0.25) is 9.69 Å². The van der Waals surface area contributed by atoms with Crippen LogP contribution in [-0.4, -0.2) is 38.8 Å². The van der Waals surface area contributed by atoms with Gasteiger partial charge < -0.3 is 9.73 Å². The minimum atomic E-state index is -0.0943. The number of aromatic nitrogens is 3. The summed E-state index contributed by atoms with van der Waals surface area (Å²) >= 11 is 1.49. The van der Waals surface area contributed by atoms with Crippen LogP contribution in [0.1, 0.15) is 36.6 Å². The van der Waals surface area contributed by atoms with Gasteiger partial charge in [0.25, 0.3) is 0 Å². The number of carbonyl (C=O) groups is 1. The summed E-state index contributed by atoms with van der Waals surface area (Å²) in [6.45, 7) is 3.09. The van der Waals surface area contributed by atoms with E-state index in [0.717, 1.165) is 30.2 Å². The number of furan rings is 1. The van der Waals surface area contributed by atoms with Crippen molar-refractivity contribution >= 4 is 23.1 Å². The van der Waals surface area contributed by atoms with Crippen LogP contribution in [0.3, 0.4) is 0 Å². The van der Waals surface area contributed by atoms with E-state index in [9.17, 15) is 4.79 Å². The molecular weight excluding hydrogens is 434 g/mol. The van der Waals surface area contributed by atoms with Crippen LogP contribution >= 0.6 is 11.3 Å². The van der Waals surface area contributed by atoms with Crippen LogP contribution in [0.4, 0.5) is 5.82 Å². The molecule has 1 unspecified atom stereocenters. The van der Waals surface area contributed by atoms with Gasteiger partial charge in [0.2, 0.25) is 5.91 Å². The fourth-order valence-corrected chi connectivity index (χ4v) is 4.83. The lowest BCUT2D eigenvalue weighted by molar-refractivity contribution is -0.118. The molecule has 1 aliphatic heterocycles. The summed E-state index contributed by atoms with van der Waals surface area (Å²) in [5.41, 5.74) is 1.91. The van der Waals surface area contributed by atoms with Crippen molar-refractivity contribution in [1.82, 2.24) is 19.9 Å². The molecule has 0 aliphatic carbocycles. The van der Waals surface area contributed by atoms with E-state index in [1.54, 1.807) is 12.3 Å². The van der Waals surface area contributed by atoms with Gasteiger partial charge in [0.1, 0.15) is 22.3 Å². The predicted molar refractivity (Wildman–Crippen MR) is 129 cm³/mol. The summed E-state index contributed by atoms with van der Waals surface area (Å²) in [6, 6.07) is 16.1. The molecule has 1 saturated heterocycles. The molecule has 4 aromatic rings. The van der Waals surface area contributed by atoms with Gasteiger partial charge in [-0.05, 0) is 44.0 Å². The topological polar surface area (TPSA) is 84.2 Å². The summed E-state index contributed by atoms with van der Waals surface area (Å²) in [5, 5.41) is 5.64. The first-order chi connectivity index (χ1) is 16.2. The fraction of sp³-hybridized carbons (Fsp3) is 0.280. The molecule has 0 radical (unpaired) electrons. The number of nitrogens with zero attached hydrogens (tertiary/aromatic N) is 4. The van der Waals surface area contributed by atoms with Crippen molar-refractivity contribution < 1.29 is 9.21 Å². The summed E-state index contributed by atoms with van der Waals surface area (Å²) < 4.78 is 5.72. The molecule has 3 aromatic heterocycles. The van der Waals surface area contributed by atoms with Crippen LogP contribution in [0.2, 0.25) is 0 Å². The SMILES string of the molecule is Cc1ccc(-c2nc(NC(=O)CN3CCCCC3c3ccccc3)cc(-c3nccs3)n2)o1. The number of rotatable bonds is 6. The average molecular weight is 460 g/mol. The largest absolute Gasteiger partial charge is 0.458 e. The molecule has 4 heterocycles. The molecule has 1 atom stereocenters. The molecule has 7 nitrogen and oxygen atoms in total. The summed E-state index contributed by atoms with van der Waals surface area (Å²) in [4.78, 5) is 28.9. The molecule has 0 saturated carbocycles. The minimum Gasteiger partial charge on any atom is -0.458 e. The third-order valence-corrected chi connectivity index (χ3v) is 6.55. The zero-order valence-electron chi connectivity index (χ0n) is 18.4. The first-order valence-electron chi connectivity index (χ1n) is 11.1. The lowest BCUT2D eigenvalue weighted by atomic mass is 9.95. The van der Waals surface area contributed by atoms with E-state index in [-0.39, 0.29) is 11.9 Å². The Bertz CT molecular complexity index is 1220. The molecule has 8 heteroatoms. The number of amides is 1. The number of likely N-dealkylation sites (tertiary alicyclic amines) is 1. The summed E-state index contributed by atoms with van der Waals surface area (Å²) in [5.74, 6) is 2.10. The molecular formula is C25H25N5O2S. The van der Waals surface area contributed by atoms with Crippen LogP contribution < -0.4 is 5.32 Å². The van der Waals surface area contributed by atoms with E-state index in [1.807, 2.05) is 30.5 Å². The maximum atomic E-state index is 13.1. The molecule has 5 rings (SSSR count). The zero-order valence-corrected chi connectivity index (χ0v) is 19.2. The van der Waals surface area contributed by atoms with Gasteiger partial charge >= 0.3 is 0 Å². The van der Waals surface area contributed by atoms with Crippen molar-refractivity contribution in [2.45, 2.75) is 32.2 Å². The highest BCUT2D eigenvalue weighted by atomic mass is 32.1. The first-order valence-corrected chi connectivity index (χ1v) is 12.0. The van der Waals surface area contributed by atoms with Gasteiger partial charge in [-0.1, -0.05) is 36.8 Å². The Balaban J connectivity index is 1.37. The number of nitrogens with one attached hydrogen (secondary N) is 1. The quantitative estimate of drug-likeness (QED) is 0.419. The maximum absolute atomic E-state index is 13.1. The molecule has 1 aromatic carbocycles. The Morgan fingerprint density at radius 1 is 1.18 bits per heavy atom. The smallest absolute Gasteiger partial charge is 0.239 e. The van der Waals surface area contributed by atoms with Gasteiger partial charge in [-0.25, -0.2) is 15.0 Å². The second-order valence-corrected chi connectivity index (χ2v) is 9.05. The van der Waals surface area contributed by atoms with Gasteiger partial charge in [0.15, 0.2) is 11.6 Å². The Morgan fingerprint density at radius 3 is 2.82 bits per heavy atom. The predicted octanol–water partition coefficient (Wildman–Crippen LogP) is 5.33. The number of hydrogen-bond donors (Lipinski definition) is 1. The van der Waals surface area contributed by atoms with E-state index >= 15 is 0 Å². The number of carbonyl (C=O) groups excluding carboxylic acids is 1. The van der Waals surface area contributed by atoms with Gasteiger partial charge in [0, 0.05) is 23.7 Å². The van der Waals surface area contributed by atoms with Crippen molar-refractivity contribution in [2.75, 3.05) is 18.4 Å². The minimum absolute atomic E-state index is 0.0943. The number of thiazole rings is 1. The highest BCUT2D eigenvalue weighted by molar-refractivity contribution is 7.13. The first kappa shape index (κ1) is 21.5. The molecule has 33 heavy (non-hydrogen) atoms. The summed E-state index contributed by atoms with van der Waals surface area (Å²) in [7, 11) is 0. The number of benzene rings is 1. The van der Waals surface area contributed by atoms with Gasteiger partial charge in [-0.2, -0.15) is 0 Å². The Kier molecular flexibility index (Phi) is 6.28. The van der Waals surface area contributed by atoms with E-state index in [1.165, 1.54) is 23.3 Å². The number of aryl methyl sites for hydroxylation is 1. The van der Waals surface area contributed by atoms with Gasteiger partial charge in [0.05, 0.1) is 6.54 Å². The highest BCUT2D eigenvalue weighted by Crippen LogP contribution is 2.31. The number of hydrogen-bond acceptors (Lipinski definition) is 7. The number of piperidine rings is 1. The Morgan fingerprint density at radius 2 is 2.06 bits per heavy atom. The zero-order chi connectivity index (χ0) is 22.6. The fourth-order valence-electron chi connectivity index (χ4n) is 4.24. The molecule has 168 valence electrons. The van der Waals surface area contributed by atoms with Crippen LogP contribution in [0.15, 0.2) is 64.5 Å². The molecule has 1 amide bonds. The van der Waals surface area contributed by atoms with E-state index < -0.39 is 0 Å². The standard InChI is InChI=1S/C25H25N5O2S/c1-17-10-11-21(32-17)24-27-19(25-26-12-14-33-25)15-22(29-24)28-23(31)16-30-13-6-5-9-20(30)18-7-3-2-4-8-18/h2-4,7-8,10-12,14-15,20H,5-6,9,13,16H2,1H3,(H,27,28,29,31). The second-order valence-electron chi connectivity index (χ2n) is 8.15. The van der Waals surface area contributed by atoms with Crippen molar-refractivity contribution in [1.29, 1.82) is 0 Å². The van der Waals surface area contributed by atoms with Gasteiger partial charge in [-0.15, -0.1) is 11.3 Å². The Hall–Kier alpha value is -3.36. The molecule has 0 bridgehead atoms. The lowest BCUT2D eigenvalue weighted by Gasteiger charge is -2.35. The second kappa shape index (κ2) is 9.64. The maximum Gasteiger partial charge on any atom is 0.239 e. The summed E-state index contributed by atoms with van der Waals surface area (Å²) in [6.07, 6.45) is 5.06. The van der Waals surface area contributed by atoms with E-state index in [0.29, 0.717) is 29.6 Å². The molecule has 1 N–H and O–H groups in total. The third-order valence-electron chi connectivity index (χ3n) is 5.75. The molecule has 1 aliphatic rings. The van der Waals surface area contributed by atoms with Crippen LogP contribution in [-0.2, 0) is 4.79 Å². The highest BCUT2D eigenvalue weighted by Gasteiger charge is 2.26. The van der Waals surface area contributed by atoms with E-state index in [4.69, 9.17) is 4.42 Å². The third kappa shape index (κ3) is 5.02. The van der Waals surface area contributed by atoms with Crippen molar-refractivity contribution in [3.05, 3.63) is 71.4 Å². The normalized spacial score (nSPS) is 16.6.